The lowest BCUT2D eigenvalue weighted by molar-refractivity contribution is 0.965. The summed E-state index contributed by atoms with van der Waals surface area (Å²) in [5.41, 5.74) is 8.66. The predicted octanol–water partition coefficient (Wildman–Crippen LogP) is 1.41. The van der Waals surface area contributed by atoms with E-state index in [0.29, 0.717) is 22.1 Å². The minimum absolute atomic E-state index is 0.0398. The van der Waals surface area contributed by atoms with Crippen molar-refractivity contribution in [3.8, 4) is 0 Å². The fraction of sp³-hybridized carbons (Fsp3) is 0.182. The van der Waals surface area contributed by atoms with E-state index in [1.54, 1.807) is 18.3 Å². The lowest BCUT2D eigenvalue weighted by Gasteiger charge is -1.99. The standard InChI is InChI=1S/C11H11N5/c1-6-5-13-7-3-9-10(4-8(7)14-6)16(2)11(12)15-9/h3-5H,1-2H3,(H2,12,15)/i2D3. The lowest BCUT2D eigenvalue weighted by atomic mass is 10.2. The molecule has 0 saturated carbocycles. The average Bonchev–Trinajstić information content (AvgIpc) is 2.60. The van der Waals surface area contributed by atoms with E-state index in [-0.39, 0.29) is 5.95 Å². The molecule has 3 rings (SSSR count). The van der Waals surface area contributed by atoms with Crippen molar-refractivity contribution >= 4 is 28.0 Å². The average molecular weight is 216 g/mol. The smallest absolute Gasteiger partial charge is 0.200 e. The van der Waals surface area contributed by atoms with Gasteiger partial charge in [-0.05, 0) is 19.1 Å². The number of aryl methyl sites for hydroxylation is 2. The fourth-order valence-corrected chi connectivity index (χ4v) is 1.70. The number of rotatable bonds is 0. The number of imidazole rings is 1. The van der Waals surface area contributed by atoms with Gasteiger partial charge in [0.15, 0.2) is 0 Å². The van der Waals surface area contributed by atoms with Gasteiger partial charge >= 0.3 is 0 Å². The van der Waals surface area contributed by atoms with Gasteiger partial charge in [0.2, 0.25) is 5.95 Å². The van der Waals surface area contributed by atoms with E-state index < -0.39 is 6.98 Å². The van der Waals surface area contributed by atoms with Crippen molar-refractivity contribution in [3.63, 3.8) is 0 Å². The van der Waals surface area contributed by atoms with Crippen LogP contribution in [-0.2, 0) is 6.98 Å². The van der Waals surface area contributed by atoms with Crippen molar-refractivity contribution in [1.82, 2.24) is 19.5 Å². The first-order chi connectivity index (χ1) is 8.86. The highest BCUT2D eigenvalue weighted by Gasteiger charge is 2.07. The first-order valence-corrected chi connectivity index (χ1v) is 4.78. The predicted molar refractivity (Wildman–Crippen MR) is 63.0 cm³/mol. The highest BCUT2D eigenvalue weighted by molar-refractivity contribution is 5.92. The summed E-state index contributed by atoms with van der Waals surface area (Å²) in [6, 6.07) is 3.34. The zero-order valence-corrected chi connectivity index (χ0v) is 8.60. The highest BCUT2D eigenvalue weighted by atomic mass is 15.1. The van der Waals surface area contributed by atoms with Crippen molar-refractivity contribution in [2.75, 3.05) is 5.73 Å². The number of anilines is 1. The number of hydrogen-bond donors (Lipinski definition) is 1. The van der Waals surface area contributed by atoms with Crippen LogP contribution in [-0.4, -0.2) is 19.5 Å². The molecule has 5 nitrogen and oxygen atoms in total. The Kier molecular flexibility index (Phi) is 1.17. The van der Waals surface area contributed by atoms with Gasteiger partial charge in [0.25, 0.3) is 0 Å². The topological polar surface area (TPSA) is 69.6 Å². The van der Waals surface area contributed by atoms with Crippen LogP contribution in [0.5, 0.6) is 0 Å². The van der Waals surface area contributed by atoms with Crippen molar-refractivity contribution in [1.29, 1.82) is 0 Å². The monoisotopic (exact) mass is 216 g/mol. The van der Waals surface area contributed by atoms with Crippen LogP contribution in [0.4, 0.5) is 5.95 Å². The molecule has 2 heterocycles. The zero-order chi connectivity index (χ0) is 13.8. The number of benzene rings is 1. The summed E-state index contributed by atoms with van der Waals surface area (Å²) in [5.74, 6) is -0.0398. The molecular formula is C11H11N5. The molecule has 1 aromatic carbocycles. The Morgan fingerprint density at radius 1 is 1.25 bits per heavy atom. The van der Waals surface area contributed by atoms with Crippen LogP contribution >= 0.6 is 0 Å². The summed E-state index contributed by atoms with van der Waals surface area (Å²) in [7, 11) is 0. The molecule has 2 N–H and O–H groups in total. The molecule has 0 bridgehead atoms. The van der Waals surface area contributed by atoms with Gasteiger partial charge in [0.1, 0.15) is 0 Å². The normalized spacial score (nSPS) is 14.9. The van der Waals surface area contributed by atoms with E-state index >= 15 is 0 Å². The second kappa shape index (κ2) is 2.91. The third-order valence-corrected chi connectivity index (χ3v) is 2.46. The molecule has 0 aliphatic heterocycles. The maximum absolute atomic E-state index is 7.50. The first-order valence-electron chi connectivity index (χ1n) is 6.28. The van der Waals surface area contributed by atoms with E-state index in [9.17, 15) is 0 Å². The Morgan fingerprint density at radius 2 is 2.12 bits per heavy atom. The highest BCUT2D eigenvalue weighted by Crippen LogP contribution is 2.21. The molecule has 5 heteroatoms. The van der Waals surface area contributed by atoms with Gasteiger partial charge in [-0.3, -0.25) is 4.98 Å². The van der Waals surface area contributed by atoms with E-state index in [0.717, 1.165) is 10.3 Å². The molecule has 0 aliphatic carbocycles. The lowest BCUT2D eigenvalue weighted by Crippen LogP contribution is -1.96. The maximum Gasteiger partial charge on any atom is 0.200 e. The molecule has 2 aromatic heterocycles. The van der Waals surface area contributed by atoms with Crippen LogP contribution in [0, 0.1) is 6.92 Å². The summed E-state index contributed by atoms with van der Waals surface area (Å²) >= 11 is 0. The van der Waals surface area contributed by atoms with Crippen LogP contribution in [0.3, 0.4) is 0 Å². The molecule has 3 aromatic rings. The van der Waals surface area contributed by atoms with Crippen molar-refractivity contribution in [2.24, 2.45) is 6.98 Å². The van der Waals surface area contributed by atoms with E-state index in [1.165, 1.54) is 0 Å². The van der Waals surface area contributed by atoms with Crippen LogP contribution in [0.25, 0.3) is 22.1 Å². The van der Waals surface area contributed by atoms with Gasteiger partial charge < -0.3 is 10.3 Å². The second-order valence-electron chi connectivity index (χ2n) is 3.65. The Labute approximate surface area is 96.2 Å². The summed E-state index contributed by atoms with van der Waals surface area (Å²) in [5, 5.41) is 0. The first kappa shape index (κ1) is 6.42. The Balaban J connectivity index is 2.43. The molecule has 0 fully saturated rings. The number of nitrogens with two attached hydrogens (primary N) is 1. The minimum atomic E-state index is -2.37. The number of nitrogens with zero attached hydrogens (tertiary/aromatic N) is 4. The third kappa shape index (κ3) is 1.14. The molecule has 80 valence electrons. The summed E-state index contributed by atoms with van der Waals surface area (Å²) < 4.78 is 23.5. The molecule has 0 atom stereocenters. The van der Waals surface area contributed by atoms with E-state index in [4.69, 9.17) is 9.85 Å². The second-order valence-corrected chi connectivity index (χ2v) is 3.65. The number of hydrogen-bond acceptors (Lipinski definition) is 4. The van der Waals surface area contributed by atoms with Crippen LogP contribution in [0.2, 0.25) is 0 Å². The van der Waals surface area contributed by atoms with Gasteiger partial charge in [0.05, 0.1) is 27.8 Å². The molecule has 0 amide bonds. The largest absolute Gasteiger partial charge is 0.369 e. The Hall–Kier alpha value is -2.17. The van der Waals surface area contributed by atoms with Crippen molar-refractivity contribution < 1.29 is 4.11 Å². The van der Waals surface area contributed by atoms with Gasteiger partial charge in [-0.25, -0.2) is 9.97 Å². The molecular weight excluding hydrogens is 202 g/mol. The van der Waals surface area contributed by atoms with Gasteiger partial charge in [0, 0.05) is 17.3 Å². The molecule has 0 radical (unpaired) electrons. The number of nitrogen functional groups attached to an aromatic ring is 1. The fourth-order valence-electron chi connectivity index (χ4n) is 1.70. The van der Waals surface area contributed by atoms with Crippen LogP contribution in [0.1, 0.15) is 9.81 Å². The summed E-state index contributed by atoms with van der Waals surface area (Å²) in [6.45, 7) is -0.546. The molecule has 16 heavy (non-hydrogen) atoms. The van der Waals surface area contributed by atoms with E-state index in [2.05, 4.69) is 15.0 Å². The third-order valence-electron chi connectivity index (χ3n) is 2.46. The van der Waals surface area contributed by atoms with Gasteiger partial charge in [-0.15, -0.1) is 0 Å². The van der Waals surface area contributed by atoms with E-state index in [1.807, 2.05) is 6.92 Å². The molecule has 0 spiro atoms. The molecule has 0 aliphatic rings. The summed E-state index contributed by atoms with van der Waals surface area (Å²) in [6.07, 6.45) is 1.65. The number of aromatic nitrogens is 4. The molecule has 0 saturated heterocycles. The zero-order valence-electron chi connectivity index (χ0n) is 11.6. The Bertz CT molecular complexity index is 790. The number of fused-ring (bicyclic) bond motifs is 2. The van der Waals surface area contributed by atoms with Gasteiger partial charge in [-0.2, -0.15) is 0 Å². The van der Waals surface area contributed by atoms with Crippen LogP contribution in [0.15, 0.2) is 18.3 Å². The SMILES string of the molecule is [2H]C([2H])([2H])n1c(N)nc2cc3ncc(C)nc3cc21. The maximum atomic E-state index is 7.50. The minimum Gasteiger partial charge on any atom is -0.369 e. The van der Waals surface area contributed by atoms with Crippen molar-refractivity contribution in [3.05, 3.63) is 24.0 Å². The Morgan fingerprint density at radius 3 is 2.94 bits per heavy atom. The quantitative estimate of drug-likeness (QED) is 0.616. The summed E-state index contributed by atoms with van der Waals surface area (Å²) in [4.78, 5) is 12.6. The van der Waals surface area contributed by atoms with Crippen molar-refractivity contribution in [2.45, 2.75) is 6.92 Å². The molecule has 0 unspecified atom stereocenters. The van der Waals surface area contributed by atoms with Crippen LogP contribution < -0.4 is 5.73 Å². The van der Waals surface area contributed by atoms with Gasteiger partial charge in [-0.1, -0.05) is 0 Å².